The molecule has 1 aromatic carbocycles. The summed E-state index contributed by atoms with van der Waals surface area (Å²) in [5, 5.41) is 2.97. The standard InChI is InChI=1S/C20H23N5O.2ClH/c1-20(21)11-5-4-6-15(20)19(26)24-14-9-10-18(22-12-14)25-13-23-16-7-2-3-8-17(16)25;;/h2-3,7-10,12-13,15H,4-6,11,21H2,1H3,(H,24,26);2*1H. The minimum atomic E-state index is -0.439. The highest BCUT2D eigenvalue weighted by Crippen LogP contribution is 2.32. The Kier molecular flexibility index (Phi) is 7.04. The minimum absolute atomic E-state index is 0. The Morgan fingerprint density at radius 2 is 1.96 bits per heavy atom. The van der Waals surface area contributed by atoms with Gasteiger partial charge in [0.05, 0.1) is 28.8 Å². The fraction of sp³-hybridized carbons (Fsp3) is 0.350. The van der Waals surface area contributed by atoms with Gasteiger partial charge in [-0.25, -0.2) is 9.97 Å². The second-order valence-corrected chi connectivity index (χ2v) is 7.30. The molecule has 0 spiro atoms. The molecule has 0 radical (unpaired) electrons. The van der Waals surface area contributed by atoms with E-state index in [4.69, 9.17) is 5.73 Å². The number of para-hydroxylation sites is 2. The van der Waals surface area contributed by atoms with Gasteiger partial charge in [0, 0.05) is 5.54 Å². The van der Waals surface area contributed by atoms with Crippen LogP contribution < -0.4 is 11.1 Å². The summed E-state index contributed by atoms with van der Waals surface area (Å²) in [5.41, 5.74) is 8.50. The fourth-order valence-electron chi connectivity index (χ4n) is 3.76. The van der Waals surface area contributed by atoms with Crippen molar-refractivity contribution in [2.75, 3.05) is 5.32 Å². The highest BCUT2D eigenvalue weighted by molar-refractivity contribution is 5.93. The lowest BCUT2D eigenvalue weighted by Gasteiger charge is -2.37. The van der Waals surface area contributed by atoms with E-state index in [1.165, 1.54) is 0 Å². The van der Waals surface area contributed by atoms with Gasteiger partial charge in [-0.2, -0.15) is 0 Å². The maximum Gasteiger partial charge on any atom is 0.229 e. The smallest absolute Gasteiger partial charge is 0.229 e. The quantitative estimate of drug-likeness (QED) is 0.665. The Balaban J connectivity index is 0.00000140. The molecule has 6 nitrogen and oxygen atoms in total. The number of nitrogens with two attached hydrogens (primary N) is 1. The Hall–Kier alpha value is -2.15. The first-order valence-electron chi connectivity index (χ1n) is 9.03. The molecule has 3 N–H and O–H groups in total. The first-order chi connectivity index (χ1) is 12.5. The summed E-state index contributed by atoms with van der Waals surface area (Å²) in [6.07, 6.45) is 7.30. The predicted octanol–water partition coefficient (Wildman–Crippen LogP) is 4.11. The molecule has 2 heterocycles. The Morgan fingerprint density at radius 1 is 1.18 bits per heavy atom. The number of fused-ring (bicyclic) bond motifs is 1. The van der Waals surface area contributed by atoms with Gasteiger partial charge in [-0.15, -0.1) is 24.8 Å². The lowest BCUT2D eigenvalue weighted by Crippen LogP contribution is -2.51. The third kappa shape index (κ3) is 4.29. The van der Waals surface area contributed by atoms with Gasteiger partial charge in [-0.3, -0.25) is 9.36 Å². The number of carbonyl (C=O) groups is 1. The number of benzene rings is 1. The van der Waals surface area contributed by atoms with Crippen LogP contribution in [0.15, 0.2) is 48.9 Å². The van der Waals surface area contributed by atoms with Crippen molar-refractivity contribution in [3.05, 3.63) is 48.9 Å². The van der Waals surface area contributed by atoms with E-state index < -0.39 is 5.54 Å². The number of nitrogens with zero attached hydrogens (tertiary/aromatic N) is 3. The maximum atomic E-state index is 12.6. The monoisotopic (exact) mass is 421 g/mol. The number of aromatic nitrogens is 3. The number of amides is 1. The number of anilines is 1. The van der Waals surface area contributed by atoms with Crippen LogP contribution in [0.5, 0.6) is 0 Å². The lowest BCUT2D eigenvalue weighted by atomic mass is 9.74. The van der Waals surface area contributed by atoms with Gasteiger partial charge in [-0.05, 0) is 44.0 Å². The number of halogens is 2. The van der Waals surface area contributed by atoms with Gasteiger partial charge in [0.25, 0.3) is 0 Å². The molecule has 0 saturated heterocycles. The average molecular weight is 422 g/mol. The number of nitrogens with one attached hydrogen (secondary N) is 1. The largest absolute Gasteiger partial charge is 0.325 e. The van der Waals surface area contributed by atoms with Gasteiger partial charge in [0.2, 0.25) is 5.91 Å². The summed E-state index contributed by atoms with van der Waals surface area (Å²) in [6, 6.07) is 11.7. The molecule has 2 atom stereocenters. The fourth-order valence-corrected chi connectivity index (χ4v) is 3.76. The van der Waals surface area contributed by atoms with Crippen LogP contribution in [0.1, 0.15) is 32.6 Å². The van der Waals surface area contributed by atoms with Crippen LogP contribution in [0, 0.1) is 5.92 Å². The van der Waals surface area contributed by atoms with Crippen molar-refractivity contribution in [1.82, 2.24) is 14.5 Å². The van der Waals surface area contributed by atoms with Crippen molar-refractivity contribution >= 4 is 47.4 Å². The Labute approximate surface area is 176 Å². The first-order valence-corrected chi connectivity index (χ1v) is 9.03. The van der Waals surface area contributed by atoms with Crippen LogP contribution in [0.3, 0.4) is 0 Å². The molecule has 4 rings (SSSR count). The van der Waals surface area contributed by atoms with Gasteiger partial charge >= 0.3 is 0 Å². The van der Waals surface area contributed by atoms with Gasteiger partial charge in [0.15, 0.2) is 0 Å². The Bertz CT molecular complexity index is 939. The van der Waals surface area contributed by atoms with Crippen molar-refractivity contribution in [2.45, 2.75) is 38.1 Å². The SMILES string of the molecule is CC1(N)CCCCC1C(=O)Nc1ccc(-n2cnc3ccccc32)nc1.Cl.Cl. The molecule has 150 valence electrons. The number of hydrogen-bond donors (Lipinski definition) is 2. The predicted molar refractivity (Wildman–Crippen MR) is 117 cm³/mol. The van der Waals surface area contributed by atoms with E-state index in [1.54, 1.807) is 12.5 Å². The summed E-state index contributed by atoms with van der Waals surface area (Å²) in [4.78, 5) is 21.5. The molecule has 1 amide bonds. The van der Waals surface area contributed by atoms with E-state index in [-0.39, 0.29) is 36.6 Å². The van der Waals surface area contributed by atoms with Crippen LogP contribution in [-0.4, -0.2) is 26.0 Å². The van der Waals surface area contributed by atoms with Crippen molar-refractivity contribution in [3.8, 4) is 5.82 Å². The second kappa shape index (κ2) is 8.90. The molecule has 28 heavy (non-hydrogen) atoms. The number of pyridine rings is 1. The van der Waals surface area contributed by atoms with E-state index in [0.29, 0.717) is 5.69 Å². The maximum absolute atomic E-state index is 12.6. The molecule has 1 aliphatic carbocycles. The van der Waals surface area contributed by atoms with E-state index in [9.17, 15) is 4.79 Å². The van der Waals surface area contributed by atoms with Gasteiger partial charge < -0.3 is 11.1 Å². The molecule has 2 aromatic heterocycles. The van der Waals surface area contributed by atoms with Crippen LogP contribution >= 0.6 is 24.8 Å². The summed E-state index contributed by atoms with van der Waals surface area (Å²) >= 11 is 0. The van der Waals surface area contributed by atoms with Gasteiger partial charge in [-0.1, -0.05) is 25.0 Å². The molecule has 1 aliphatic rings. The molecular formula is C20H25Cl2N5O. The first kappa shape index (κ1) is 22.1. The molecule has 1 saturated carbocycles. The average Bonchev–Trinajstić information content (AvgIpc) is 3.06. The molecule has 3 aromatic rings. The summed E-state index contributed by atoms with van der Waals surface area (Å²) < 4.78 is 1.93. The third-order valence-corrected chi connectivity index (χ3v) is 5.29. The number of rotatable bonds is 3. The van der Waals surface area contributed by atoms with E-state index in [0.717, 1.165) is 42.5 Å². The zero-order chi connectivity index (χ0) is 18.1. The zero-order valence-electron chi connectivity index (χ0n) is 15.7. The molecule has 2 unspecified atom stereocenters. The molecule has 1 fully saturated rings. The Morgan fingerprint density at radius 3 is 2.68 bits per heavy atom. The van der Waals surface area contributed by atoms with Crippen molar-refractivity contribution in [2.24, 2.45) is 11.7 Å². The zero-order valence-corrected chi connectivity index (χ0v) is 17.3. The highest BCUT2D eigenvalue weighted by Gasteiger charge is 2.37. The van der Waals surface area contributed by atoms with E-state index in [2.05, 4.69) is 15.3 Å². The van der Waals surface area contributed by atoms with Crippen molar-refractivity contribution < 1.29 is 4.79 Å². The molecule has 0 bridgehead atoms. The normalized spacial score (nSPS) is 21.4. The van der Waals surface area contributed by atoms with Crippen LogP contribution in [0.25, 0.3) is 16.9 Å². The number of carbonyl (C=O) groups excluding carboxylic acids is 1. The highest BCUT2D eigenvalue weighted by atomic mass is 35.5. The third-order valence-electron chi connectivity index (χ3n) is 5.29. The summed E-state index contributed by atoms with van der Waals surface area (Å²) in [7, 11) is 0. The van der Waals surface area contributed by atoms with E-state index in [1.807, 2.05) is 47.9 Å². The second-order valence-electron chi connectivity index (χ2n) is 7.30. The number of imidazole rings is 1. The number of hydrogen-bond acceptors (Lipinski definition) is 4. The minimum Gasteiger partial charge on any atom is -0.325 e. The van der Waals surface area contributed by atoms with Gasteiger partial charge in [0.1, 0.15) is 12.1 Å². The molecule has 0 aliphatic heterocycles. The molecule has 8 heteroatoms. The topological polar surface area (TPSA) is 85.8 Å². The molecular weight excluding hydrogens is 397 g/mol. The lowest BCUT2D eigenvalue weighted by molar-refractivity contribution is -0.122. The van der Waals surface area contributed by atoms with Crippen molar-refractivity contribution in [1.29, 1.82) is 0 Å². The van der Waals surface area contributed by atoms with Crippen LogP contribution in [0.2, 0.25) is 0 Å². The van der Waals surface area contributed by atoms with Crippen molar-refractivity contribution in [3.63, 3.8) is 0 Å². The summed E-state index contributed by atoms with van der Waals surface area (Å²) in [5.74, 6) is 0.587. The summed E-state index contributed by atoms with van der Waals surface area (Å²) in [6.45, 7) is 1.97. The van der Waals surface area contributed by atoms with Crippen LogP contribution in [0.4, 0.5) is 5.69 Å². The van der Waals surface area contributed by atoms with E-state index >= 15 is 0 Å². The van der Waals surface area contributed by atoms with Crippen LogP contribution in [-0.2, 0) is 4.79 Å².